The van der Waals surface area contributed by atoms with Crippen LogP contribution in [0.3, 0.4) is 0 Å². The van der Waals surface area contributed by atoms with Gasteiger partial charge in [-0.15, -0.1) is 0 Å². The molecule has 1 aliphatic rings. The molecule has 0 aromatic carbocycles. The average molecular weight is 228 g/mol. The number of carbonyl (C=O) groups excluding carboxylic acids is 1. The summed E-state index contributed by atoms with van der Waals surface area (Å²) in [6, 6.07) is 0. The summed E-state index contributed by atoms with van der Waals surface area (Å²) < 4.78 is 10.0. The van der Waals surface area contributed by atoms with E-state index in [2.05, 4.69) is 13.2 Å². The maximum Gasteiger partial charge on any atom is 0.332 e. The van der Waals surface area contributed by atoms with Crippen molar-refractivity contribution in [2.45, 2.75) is 25.6 Å². The minimum absolute atomic E-state index is 0.339. The van der Waals surface area contributed by atoms with Crippen molar-refractivity contribution in [3.63, 3.8) is 0 Å². The van der Waals surface area contributed by atoms with Crippen molar-refractivity contribution in [2.24, 2.45) is 0 Å². The highest BCUT2D eigenvalue weighted by atomic mass is 16.7. The molecule has 1 unspecified atom stereocenters. The number of hydrogen-bond donors (Lipinski definition) is 1. The van der Waals surface area contributed by atoms with Gasteiger partial charge in [0.15, 0.2) is 0 Å². The van der Waals surface area contributed by atoms with Gasteiger partial charge in [-0.05, 0) is 12.8 Å². The third-order valence-electron chi connectivity index (χ3n) is 1.73. The van der Waals surface area contributed by atoms with Gasteiger partial charge in [0, 0.05) is 18.6 Å². The number of esters is 1. The number of ether oxygens (including phenoxy) is 2. The van der Waals surface area contributed by atoms with E-state index in [0.29, 0.717) is 6.61 Å². The monoisotopic (exact) mass is 228 g/mol. The molecule has 0 bridgehead atoms. The lowest BCUT2D eigenvalue weighted by molar-refractivity contribution is -0.181. The van der Waals surface area contributed by atoms with Gasteiger partial charge in [0.05, 0.1) is 6.61 Å². The Morgan fingerprint density at radius 2 is 1.94 bits per heavy atom. The van der Waals surface area contributed by atoms with Crippen LogP contribution >= 0.6 is 0 Å². The molecule has 5 nitrogen and oxygen atoms in total. The first-order valence-corrected chi connectivity index (χ1v) is 4.90. The number of carboxylic acid groups (broad SMARTS) is 1. The summed E-state index contributed by atoms with van der Waals surface area (Å²) in [6.07, 6.45) is 4.57. The molecular weight excluding hydrogens is 212 g/mol. The molecule has 0 aromatic heterocycles. The molecule has 1 heterocycles. The second-order valence-electron chi connectivity index (χ2n) is 2.98. The van der Waals surface area contributed by atoms with Gasteiger partial charge in [0.2, 0.25) is 6.29 Å². The van der Waals surface area contributed by atoms with E-state index in [1.807, 2.05) is 0 Å². The van der Waals surface area contributed by atoms with Gasteiger partial charge in [0.1, 0.15) is 0 Å². The predicted molar refractivity (Wildman–Crippen MR) is 57.7 cm³/mol. The summed E-state index contributed by atoms with van der Waals surface area (Å²) in [5.41, 5.74) is 0. The first-order valence-electron chi connectivity index (χ1n) is 4.90. The number of carbonyl (C=O) groups is 2. The van der Waals surface area contributed by atoms with E-state index in [9.17, 15) is 9.59 Å². The maximum atomic E-state index is 10.7. The average Bonchev–Trinajstić information content (AvgIpc) is 2.31. The van der Waals surface area contributed by atoms with Crippen LogP contribution in [0.4, 0.5) is 0 Å². The fourth-order valence-electron chi connectivity index (χ4n) is 0.982. The Morgan fingerprint density at radius 1 is 1.31 bits per heavy atom. The van der Waals surface area contributed by atoms with Crippen LogP contribution in [0.15, 0.2) is 25.3 Å². The number of rotatable bonds is 3. The van der Waals surface area contributed by atoms with Gasteiger partial charge in [-0.25, -0.2) is 9.59 Å². The Bertz CT molecular complexity index is 253. The molecule has 1 rings (SSSR count). The van der Waals surface area contributed by atoms with E-state index in [-0.39, 0.29) is 6.29 Å². The summed E-state index contributed by atoms with van der Waals surface area (Å²) in [5, 5.41) is 7.60. The minimum Gasteiger partial charge on any atom is -0.478 e. The summed E-state index contributed by atoms with van der Waals surface area (Å²) in [7, 11) is 0. The maximum absolute atomic E-state index is 10.7. The smallest absolute Gasteiger partial charge is 0.332 e. The standard InChI is InChI=1S/C8H12O3.C3H4O2/c1-2-7(9)11-8-5-3-4-6-10-8;1-2-3(4)5/h2,8H,1,3-6H2;2H,1H2,(H,4,5). The minimum atomic E-state index is -0.981. The second kappa shape index (κ2) is 8.67. The van der Waals surface area contributed by atoms with Crippen molar-refractivity contribution in [2.75, 3.05) is 6.61 Å². The normalized spacial score (nSPS) is 18.6. The van der Waals surface area contributed by atoms with E-state index in [1.165, 1.54) is 0 Å². The Kier molecular flexibility index (Phi) is 7.79. The third kappa shape index (κ3) is 7.75. The molecule has 0 radical (unpaired) electrons. The van der Waals surface area contributed by atoms with Crippen molar-refractivity contribution < 1.29 is 24.2 Å². The summed E-state index contributed by atoms with van der Waals surface area (Å²) in [5.74, 6) is -1.39. The Balaban J connectivity index is 0.000000385. The van der Waals surface area contributed by atoms with Gasteiger partial charge < -0.3 is 14.6 Å². The van der Waals surface area contributed by atoms with Gasteiger partial charge in [-0.1, -0.05) is 13.2 Å². The van der Waals surface area contributed by atoms with E-state index < -0.39 is 11.9 Å². The Morgan fingerprint density at radius 3 is 2.31 bits per heavy atom. The molecule has 1 N–H and O–H groups in total. The summed E-state index contributed by atoms with van der Waals surface area (Å²) >= 11 is 0. The van der Waals surface area contributed by atoms with Crippen LogP contribution in [-0.4, -0.2) is 29.9 Å². The van der Waals surface area contributed by atoms with Crippen LogP contribution in [0.1, 0.15) is 19.3 Å². The summed E-state index contributed by atoms with van der Waals surface area (Å²) in [6.45, 7) is 6.95. The van der Waals surface area contributed by atoms with Gasteiger partial charge in [0.25, 0.3) is 0 Å². The van der Waals surface area contributed by atoms with Crippen molar-refractivity contribution in [3.8, 4) is 0 Å². The highest BCUT2D eigenvalue weighted by Crippen LogP contribution is 2.13. The Hall–Kier alpha value is -1.62. The molecule has 16 heavy (non-hydrogen) atoms. The molecule has 1 atom stereocenters. The first kappa shape index (κ1) is 14.4. The van der Waals surface area contributed by atoms with Crippen LogP contribution in [0.25, 0.3) is 0 Å². The van der Waals surface area contributed by atoms with Gasteiger partial charge in [-0.3, -0.25) is 0 Å². The molecule has 1 fully saturated rings. The van der Waals surface area contributed by atoms with Gasteiger partial charge in [-0.2, -0.15) is 0 Å². The number of hydrogen-bond acceptors (Lipinski definition) is 4. The predicted octanol–water partition coefficient (Wildman–Crippen LogP) is 1.50. The quantitative estimate of drug-likeness (QED) is 0.585. The number of aliphatic carboxylic acids is 1. The first-order chi connectivity index (χ1) is 7.60. The lowest BCUT2D eigenvalue weighted by atomic mass is 10.2. The van der Waals surface area contributed by atoms with Crippen molar-refractivity contribution in [3.05, 3.63) is 25.3 Å². The largest absolute Gasteiger partial charge is 0.478 e. The van der Waals surface area contributed by atoms with Crippen LogP contribution in [0, 0.1) is 0 Å². The second-order valence-corrected chi connectivity index (χ2v) is 2.98. The lowest BCUT2D eigenvalue weighted by Crippen LogP contribution is -2.24. The van der Waals surface area contributed by atoms with Crippen LogP contribution in [-0.2, 0) is 19.1 Å². The molecule has 1 saturated heterocycles. The van der Waals surface area contributed by atoms with Crippen molar-refractivity contribution in [1.29, 1.82) is 0 Å². The fourth-order valence-corrected chi connectivity index (χ4v) is 0.982. The zero-order valence-corrected chi connectivity index (χ0v) is 9.05. The molecule has 0 aromatic rings. The lowest BCUT2D eigenvalue weighted by Gasteiger charge is -2.21. The molecule has 1 aliphatic heterocycles. The number of carboxylic acids is 1. The van der Waals surface area contributed by atoms with E-state index in [0.717, 1.165) is 31.4 Å². The fraction of sp³-hybridized carbons (Fsp3) is 0.455. The third-order valence-corrected chi connectivity index (χ3v) is 1.73. The molecule has 5 heteroatoms. The Labute approximate surface area is 94.4 Å². The van der Waals surface area contributed by atoms with Gasteiger partial charge >= 0.3 is 11.9 Å². The highest BCUT2D eigenvalue weighted by Gasteiger charge is 2.16. The van der Waals surface area contributed by atoms with Crippen LogP contribution in [0.2, 0.25) is 0 Å². The van der Waals surface area contributed by atoms with Crippen molar-refractivity contribution in [1.82, 2.24) is 0 Å². The molecule has 90 valence electrons. The molecule has 0 amide bonds. The molecule has 0 aliphatic carbocycles. The topological polar surface area (TPSA) is 72.8 Å². The van der Waals surface area contributed by atoms with Crippen LogP contribution < -0.4 is 0 Å². The van der Waals surface area contributed by atoms with E-state index in [1.54, 1.807) is 0 Å². The SMILES string of the molecule is C=CC(=O)O.C=CC(=O)OC1CCCCO1. The molecule has 0 spiro atoms. The zero-order chi connectivity index (χ0) is 12.4. The summed E-state index contributed by atoms with van der Waals surface area (Å²) in [4.78, 5) is 19.9. The zero-order valence-electron chi connectivity index (χ0n) is 9.05. The van der Waals surface area contributed by atoms with E-state index in [4.69, 9.17) is 14.6 Å². The van der Waals surface area contributed by atoms with Crippen molar-refractivity contribution >= 4 is 11.9 Å². The van der Waals surface area contributed by atoms with Crippen LogP contribution in [0.5, 0.6) is 0 Å². The molecular formula is C11H16O5. The van der Waals surface area contributed by atoms with E-state index >= 15 is 0 Å². The highest BCUT2D eigenvalue weighted by molar-refractivity contribution is 5.81. The molecule has 0 saturated carbocycles.